The molecule has 0 saturated carbocycles. The Morgan fingerprint density at radius 2 is 2.26 bits per heavy atom. The van der Waals surface area contributed by atoms with Gasteiger partial charge in [-0.1, -0.05) is 12.1 Å². The van der Waals surface area contributed by atoms with E-state index in [1.165, 1.54) is 6.42 Å². The first-order chi connectivity index (χ1) is 11.1. The molecular formula is C16H20N4O3. The first kappa shape index (κ1) is 15.5. The lowest BCUT2D eigenvalue weighted by Gasteiger charge is -2.19. The summed E-state index contributed by atoms with van der Waals surface area (Å²) in [6, 6.07) is 7.49. The van der Waals surface area contributed by atoms with Gasteiger partial charge in [-0.2, -0.15) is 0 Å². The van der Waals surface area contributed by atoms with Gasteiger partial charge in [-0.25, -0.2) is 4.79 Å². The second kappa shape index (κ2) is 6.78. The van der Waals surface area contributed by atoms with Gasteiger partial charge in [0.1, 0.15) is 0 Å². The van der Waals surface area contributed by atoms with Crippen LogP contribution in [-0.4, -0.2) is 52.5 Å². The molecule has 1 aromatic carbocycles. The molecule has 0 aliphatic carbocycles. The number of aromatic hydroxyl groups is 1. The summed E-state index contributed by atoms with van der Waals surface area (Å²) < 4.78 is 5.06. The summed E-state index contributed by atoms with van der Waals surface area (Å²) in [5.74, 6) is -0.361. The highest BCUT2D eigenvalue weighted by atomic mass is 16.6. The number of nitrogens with one attached hydrogen (secondary N) is 1. The van der Waals surface area contributed by atoms with E-state index in [-0.39, 0.29) is 11.6 Å². The first-order valence-corrected chi connectivity index (χ1v) is 7.75. The van der Waals surface area contributed by atoms with Gasteiger partial charge < -0.3 is 20.1 Å². The summed E-state index contributed by atoms with van der Waals surface area (Å²) in [6.07, 6.45) is 2.60. The lowest BCUT2D eigenvalue weighted by molar-refractivity contribution is 0.194. The van der Waals surface area contributed by atoms with Crippen molar-refractivity contribution >= 4 is 17.0 Å². The maximum absolute atomic E-state index is 11.8. The van der Waals surface area contributed by atoms with Crippen LogP contribution in [0, 0.1) is 0 Å². The second-order valence-electron chi connectivity index (χ2n) is 5.75. The second-order valence-corrected chi connectivity index (χ2v) is 5.75. The Morgan fingerprint density at radius 1 is 1.43 bits per heavy atom. The van der Waals surface area contributed by atoms with Crippen LogP contribution in [-0.2, 0) is 0 Å². The molecule has 1 aliphatic heterocycles. The number of carbonyl (C=O) groups excluding carboxylic acids is 1. The molecule has 1 amide bonds. The molecule has 2 N–H and O–H groups in total. The van der Waals surface area contributed by atoms with E-state index in [1.807, 2.05) is 0 Å². The Balaban J connectivity index is 1.56. The number of ether oxygens (including phenoxy) is 1. The van der Waals surface area contributed by atoms with Gasteiger partial charge in [-0.05, 0) is 45.0 Å². The summed E-state index contributed by atoms with van der Waals surface area (Å²) in [7, 11) is 2.10. The number of amides is 1. The maximum atomic E-state index is 11.8. The topological polar surface area (TPSA) is 87.6 Å². The highest BCUT2D eigenvalue weighted by Gasteiger charge is 2.20. The zero-order valence-electron chi connectivity index (χ0n) is 13.0. The smallest absolute Gasteiger partial charge is 0.414 e. The largest absolute Gasteiger partial charge is 0.503 e. The van der Waals surface area contributed by atoms with Crippen LogP contribution in [0.5, 0.6) is 11.6 Å². The molecule has 122 valence electrons. The minimum Gasteiger partial charge on any atom is -0.503 e. The van der Waals surface area contributed by atoms with Crippen molar-refractivity contribution in [2.75, 3.05) is 20.1 Å². The lowest BCUT2D eigenvalue weighted by Crippen LogP contribution is -2.33. The molecule has 1 atom stereocenters. The van der Waals surface area contributed by atoms with Crippen molar-refractivity contribution in [3.63, 3.8) is 0 Å². The molecule has 1 fully saturated rings. The van der Waals surface area contributed by atoms with Crippen LogP contribution in [0.4, 0.5) is 4.79 Å². The third-order valence-corrected chi connectivity index (χ3v) is 4.22. The SMILES string of the molecule is CN1CCCC1CCNC(=O)Oc1nnc2ccccc2c1O. The van der Waals surface area contributed by atoms with Gasteiger partial charge >= 0.3 is 6.09 Å². The van der Waals surface area contributed by atoms with Gasteiger partial charge in [0.25, 0.3) is 5.88 Å². The van der Waals surface area contributed by atoms with Crippen molar-refractivity contribution in [2.45, 2.75) is 25.3 Å². The molecule has 2 aromatic rings. The van der Waals surface area contributed by atoms with Crippen LogP contribution >= 0.6 is 0 Å². The van der Waals surface area contributed by atoms with Gasteiger partial charge in [-0.3, -0.25) is 0 Å². The molecule has 0 bridgehead atoms. The van der Waals surface area contributed by atoms with Crippen LogP contribution in [0.2, 0.25) is 0 Å². The molecule has 1 aromatic heterocycles. The van der Waals surface area contributed by atoms with E-state index < -0.39 is 6.09 Å². The van der Waals surface area contributed by atoms with Crippen molar-refractivity contribution < 1.29 is 14.6 Å². The Morgan fingerprint density at radius 3 is 3.04 bits per heavy atom. The molecule has 0 radical (unpaired) electrons. The van der Waals surface area contributed by atoms with E-state index in [0.29, 0.717) is 23.5 Å². The number of fused-ring (bicyclic) bond motifs is 1. The fourth-order valence-electron chi connectivity index (χ4n) is 2.90. The van der Waals surface area contributed by atoms with Crippen LogP contribution in [0.25, 0.3) is 10.9 Å². The van der Waals surface area contributed by atoms with Crippen LogP contribution in [0.3, 0.4) is 0 Å². The summed E-state index contributed by atoms with van der Waals surface area (Å²) in [4.78, 5) is 14.1. The zero-order valence-corrected chi connectivity index (χ0v) is 13.0. The number of hydrogen-bond donors (Lipinski definition) is 2. The standard InChI is InChI=1S/C16H20N4O3/c1-20-10-4-5-11(20)8-9-17-16(22)23-15-14(21)12-6-2-3-7-13(12)18-19-15/h2-3,6-7,11H,4-5,8-10H2,1H3,(H,17,22)(H,18,21). The summed E-state index contributed by atoms with van der Waals surface area (Å²) in [6.45, 7) is 1.63. The van der Waals surface area contributed by atoms with E-state index in [1.54, 1.807) is 24.3 Å². The number of hydrogen-bond acceptors (Lipinski definition) is 6. The maximum Gasteiger partial charge on any atom is 0.414 e. The zero-order chi connectivity index (χ0) is 16.2. The van der Waals surface area contributed by atoms with Crippen LogP contribution in [0.15, 0.2) is 24.3 Å². The van der Waals surface area contributed by atoms with E-state index in [9.17, 15) is 9.90 Å². The minimum atomic E-state index is -0.634. The highest BCUT2D eigenvalue weighted by Crippen LogP contribution is 2.30. The fraction of sp³-hybridized carbons (Fsp3) is 0.438. The van der Waals surface area contributed by atoms with Crippen LogP contribution < -0.4 is 10.1 Å². The molecular weight excluding hydrogens is 296 g/mol. The number of carbonyl (C=O) groups is 1. The number of benzene rings is 1. The number of rotatable bonds is 4. The summed E-state index contributed by atoms with van der Waals surface area (Å²) in [5, 5.41) is 21.0. The lowest BCUT2D eigenvalue weighted by atomic mass is 10.1. The van der Waals surface area contributed by atoms with Crippen molar-refractivity contribution in [2.24, 2.45) is 0 Å². The van der Waals surface area contributed by atoms with E-state index >= 15 is 0 Å². The third-order valence-electron chi connectivity index (χ3n) is 4.22. The number of nitrogens with zero attached hydrogens (tertiary/aromatic N) is 3. The number of aromatic nitrogens is 2. The van der Waals surface area contributed by atoms with Crippen molar-refractivity contribution in [1.82, 2.24) is 20.4 Å². The predicted molar refractivity (Wildman–Crippen MR) is 85.5 cm³/mol. The Labute approximate surface area is 134 Å². The molecule has 7 nitrogen and oxygen atoms in total. The van der Waals surface area contributed by atoms with E-state index in [4.69, 9.17) is 4.74 Å². The van der Waals surface area contributed by atoms with Gasteiger partial charge in [-0.15, -0.1) is 10.2 Å². The first-order valence-electron chi connectivity index (χ1n) is 7.75. The van der Waals surface area contributed by atoms with Crippen LogP contribution in [0.1, 0.15) is 19.3 Å². The minimum absolute atomic E-state index is 0.179. The third kappa shape index (κ3) is 3.50. The molecule has 2 heterocycles. The van der Waals surface area contributed by atoms with Gasteiger partial charge in [0, 0.05) is 18.0 Å². The average molecular weight is 316 g/mol. The van der Waals surface area contributed by atoms with E-state index in [2.05, 4.69) is 27.5 Å². The Kier molecular flexibility index (Phi) is 4.57. The fourth-order valence-corrected chi connectivity index (χ4v) is 2.90. The monoisotopic (exact) mass is 316 g/mol. The highest BCUT2D eigenvalue weighted by molar-refractivity contribution is 5.86. The van der Waals surface area contributed by atoms with Crippen molar-refractivity contribution in [3.8, 4) is 11.6 Å². The molecule has 7 heteroatoms. The summed E-state index contributed by atoms with van der Waals surface area (Å²) >= 11 is 0. The van der Waals surface area contributed by atoms with Gasteiger partial charge in [0.05, 0.1) is 5.52 Å². The number of likely N-dealkylation sites (tertiary alicyclic amines) is 1. The molecule has 1 aliphatic rings. The molecule has 3 rings (SSSR count). The normalized spacial score (nSPS) is 18.2. The molecule has 23 heavy (non-hydrogen) atoms. The van der Waals surface area contributed by atoms with Gasteiger partial charge in [0.2, 0.25) is 0 Å². The molecule has 0 spiro atoms. The quantitative estimate of drug-likeness (QED) is 0.896. The van der Waals surface area contributed by atoms with E-state index in [0.717, 1.165) is 19.4 Å². The van der Waals surface area contributed by atoms with Crippen molar-refractivity contribution in [1.29, 1.82) is 0 Å². The average Bonchev–Trinajstić information content (AvgIpc) is 2.96. The molecule has 1 saturated heterocycles. The van der Waals surface area contributed by atoms with Gasteiger partial charge in [0.15, 0.2) is 5.75 Å². The molecule has 1 unspecified atom stereocenters. The Bertz CT molecular complexity index is 707. The summed E-state index contributed by atoms with van der Waals surface area (Å²) in [5.41, 5.74) is 0.544. The predicted octanol–water partition coefficient (Wildman–Crippen LogP) is 1.91. The van der Waals surface area contributed by atoms with Crippen molar-refractivity contribution in [3.05, 3.63) is 24.3 Å². The Hall–Kier alpha value is -2.41.